The molecule has 1 unspecified atom stereocenters. The highest BCUT2D eigenvalue weighted by Crippen LogP contribution is 2.28. The minimum Gasteiger partial charge on any atom is -0.474 e. The summed E-state index contributed by atoms with van der Waals surface area (Å²) in [6, 6.07) is 8.63. The van der Waals surface area contributed by atoms with Crippen LogP contribution in [0.5, 0.6) is 5.88 Å². The summed E-state index contributed by atoms with van der Waals surface area (Å²) in [5.41, 5.74) is 6.63. The first kappa shape index (κ1) is 15.8. The van der Waals surface area contributed by atoms with Crippen LogP contribution in [0.25, 0.3) is 5.69 Å². The number of anilines is 1. The number of nitrogens with two attached hydrogens (primary N) is 1. The Kier molecular flexibility index (Phi) is 5.00. The van der Waals surface area contributed by atoms with Crippen LogP contribution in [0, 0.1) is 6.92 Å². The number of aliphatic hydroxyl groups excluding tert-OH is 1. The van der Waals surface area contributed by atoms with Gasteiger partial charge in [-0.3, -0.25) is 5.32 Å². The number of para-hydroxylation sites is 1. The molecule has 2 rings (SSSR count). The summed E-state index contributed by atoms with van der Waals surface area (Å²) < 4.78 is 7.09. The number of benzene rings is 1. The van der Waals surface area contributed by atoms with E-state index in [1.165, 1.54) is 0 Å². The second-order valence-corrected chi connectivity index (χ2v) is 4.89. The van der Waals surface area contributed by atoms with Gasteiger partial charge in [-0.1, -0.05) is 25.1 Å². The Balaban J connectivity index is 2.37. The number of hydrogen-bond donors (Lipinski definition) is 3. The van der Waals surface area contributed by atoms with Crippen molar-refractivity contribution in [3.63, 3.8) is 0 Å². The van der Waals surface area contributed by atoms with Crippen molar-refractivity contribution in [2.75, 3.05) is 11.9 Å². The average molecular weight is 304 g/mol. The van der Waals surface area contributed by atoms with Crippen molar-refractivity contribution < 1.29 is 14.6 Å². The maximum Gasteiger partial charge on any atom is 0.317 e. The largest absolute Gasteiger partial charge is 0.474 e. The van der Waals surface area contributed by atoms with Crippen LogP contribution in [0.1, 0.15) is 18.9 Å². The molecule has 0 radical (unpaired) electrons. The summed E-state index contributed by atoms with van der Waals surface area (Å²) in [6.07, 6.45) is 0.0269. The average Bonchev–Trinajstić information content (AvgIpc) is 2.82. The zero-order valence-corrected chi connectivity index (χ0v) is 12.6. The lowest BCUT2D eigenvalue weighted by atomic mass is 10.3. The van der Waals surface area contributed by atoms with E-state index in [1.54, 1.807) is 11.6 Å². The fraction of sp³-hybridized carbons (Fsp3) is 0.333. The van der Waals surface area contributed by atoms with Gasteiger partial charge in [0.15, 0.2) is 0 Å². The Morgan fingerprint density at radius 2 is 2.14 bits per heavy atom. The van der Waals surface area contributed by atoms with E-state index >= 15 is 0 Å². The van der Waals surface area contributed by atoms with Crippen LogP contribution >= 0.6 is 0 Å². The number of urea groups is 1. The van der Waals surface area contributed by atoms with Crippen molar-refractivity contribution in [3.8, 4) is 11.6 Å². The van der Waals surface area contributed by atoms with Gasteiger partial charge in [-0.25, -0.2) is 9.48 Å². The van der Waals surface area contributed by atoms with Crippen LogP contribution in [0.4, 0.5) is 10.6 Å². The molecule has 22 heavy (non-hydrogen) atoms. The number of nitrogens with one attached hydrogen (secondary N) is 1. The van der Waals surface area contributed by atoms with Crippen LogP contribution in [-0.4, -0.2) is 33.6 Å². The summed E-state index contributed by atoms with van der Waals surface area (Å²) in [6.45, 7) is 3.77. The highest BCUT2D eigenvalue weighted by Gasteiger charge is 2.18. The molecule has 0 saturated carbocycles. The smallest absolute Gasteiger partial charge is 0.317 e. The van der Waals surface area contributed by atoms with Crippen molar-refractivity contribution in [1.29, 1.82) is 0 Å². The molecule has 0 fully saturated rings. The molecule has 118 valence electrons. The van der Waals surface area contributed by atoms with Crippen LogP contribution < -0.4 is 15.8 Å². The number of nitrogens with zero attached hydrogens (tertiary/aromatic N) is 2. The Bertz CT molecular complexity index is 640. The molecule has 0 bridgehead atoms. The van der Waals surface area contributed by atoms with Crippen molar-refractivity contribution in [1.82, 2.24) is 9.78 Å². The molecular weight excluding hydrogens is 284 g/mol. The fourth-order valence-corrected chi connectivity index (χ4v) is 1.93. The van der Waals surface area contributed by atoms with Crippen LogP contribution in [0.15, 0.2) is 30.3 Å². The molecule has 0 aliphatic carbocycles. The number of aliphatic hydroxyl groups is 1. The number of amides is 2. The molecule has 2 amide bonds. The quantitative estimate of drug-likeness (QED) is 0.757. The summed E-state index contributed by atoms with van der Waals surface area (Å²) in [4.78, 5) is 11.2. The molecule has 1 aromatic heterocycles. The number of aromatic nitrogens is 2. The predicted molar refractivity (Wildman–Crippen MR) is 83.3 cm³/mol. The number of carbonyl (C=O) groups excluding carboxylic acids is 1. The molecule has 0 aliphatic heterocycles. The van der Waals surface area contributed by atoms with E-state index < -0.39 is 12.1 Å². The van der Waals surface area contributed by atoms with Crippen LogP contribution in [-0.2, 0) is 0 Å². The van der Waals surface area contributed by atoms with Crippen molar-refractivity contribution in [2.24, 2.45) is 5.73 Å². The van der Waals surface area contributed by atoms with Gasteiger partial charge in [0, 0.05) is 0 Å². The van der Waals surface area contributed by atoms with Gasteiger partial charge in [-0.05, 0) is 25.5 Å². The Labute approximate surface area is 128 Å². The molecule has 1 aromatic carbocycles. The Morgan fingerprint density at radius 1 is 1.45 bits per heavy atom. The van der Waals surface area contributed by atoms with Gasteiger partial charge in [-0.2, -0.15) is 0 Å². The first-order valence-corrected chi connectivity index (χ1v) is 7.05. The van der Waals surface area contributed by atoms with E-state index in [-0.39, 0.29) is 6.61 Å². The molecule has 0 saturated heterocycles. The van der Waals surface area contributed by atoms with Gasteiger partial charge < -0.3 is 15.6 Å². The van der Waals surface area contributed by atoms with Crippen molar-refractivity contribution in [2.45, 2.75) is 26.4 Å². The lowest BCUT2D eigenvalue weighted by Gasteiger charge is -2.08. The SMILES string of the molecule is CCC(O)COc1nn(-c2ccccc2)c(NC(N)=O)c1C. The van der Waals surface area contributed by atoms with E-state index in [0.29, 0.717) is 23.7 Å². The van der Waals surface area contributed by atoms with E-state index in [2.05, 4.69) is 10.4 Å². The first-order chi connectivity index (χ1) is 10.5. The standard InChI is InChI=1S/C15H20N4O3/c1-3-12(20)9-22-14-10(2)13(17-15(16)21)19(18-14)11-7-5-4-6-8-11/h4-8,12,20H,3,9H2,1-2H3,(H3,16,17,21). The van der Waals surface area contributed by atoms with Gasteiger partial charge in [0.25, 0.3) is 0 Å². The molecule has 7 heteroatoms. The second kappa shape index (κ2) is 6.95. The first-order valence-electron chi connectivity index (χ1n) is 7.05. The van der Waals surface area contributed by atoms with Crippen molar-refractivity contribution >= 4 is 11.8 Å². The summed E-state index contributed by atoms with van der Waals surface area (Å²) in [5, 5.41) is 16.5. The topological polar surface area (TPSA) is 102 Å². The molecule has 4 N–H and O–H groups in total. The maximum absolute atomic E-state index is 11.2. The molecule has 7 nitrogen and oxygen atoms in total. The highest BCUT2D eigenvalue weighted by atomic mass is 16.5. The van der Waals surface area contributed by atoms with E-state index in [9.17, 15) is 9.90 Å². The summed E-state index contributed by atoms with van der Waals surface area (Å²) in [5.74, 6) is 0.791. The molecule has 0 spiro atoms. The number of hydrogen-bond acceptors (Lipinski definition) is 4. The van der Waals surface area contributed by atoms with E-state index in [4.69, 9.17) is 10.5 Å². The summed E-state index contributed by atoms with van der Waals surface area (Å²) >= 11 is 0. The number of carbonyl (C=O) groups is 1. The van der Waals surface area contributed by atoms with Crippen LogP contribution in [0.3, 0.4) is 0 Å². The third kappa shape index (κ3) is 3.56. The van der Waals surface area contributed by atoms with Crippen molar-refractivity contribution in [3.05, 3.63) is 35.9 Å². The number of ether oxygens (including phenoxy) is 1. The fourth-order valence-electron chi connectivity index (χ4n) is 1.93. The zero-order chi connectivity index (χ0) is 16.1. The van der Waals surface area contributed by atoms with E-state index in [1.807, 2.05) is 37.3 Å². The molecule has 2 aromatic rings. The third-order valence-electron chi connectivity index (χ3n) is 3.20. The molecule has 1 atom stereocenters. The molecule has 0 aliphatic rings. The minimum absolute atomic E-state index is 0.138. The number of rotatable bonds is 6. The minimum atomic E-state index is -0.680. The Morgan fingerprint density at radius 3 is 2.73 bits per heavy atom. The third-order valence-corrected chi connectivity index (χ3v) is 3.20. The maximum atomic E-state index is 11.2. The molecular formula is C15H20N4O3. The Hall–Kier alpha value is -2.54. The van der Waals surface area contributed by atoms with Crippen LogP contribution in [0.2, 0.25) is 0 Å². The van der Waals surface area contributed by atoms with Gasteiger partial charge in [0.2, 0.25) is 5.88 Å². The van der Waals surface area contributed by atoms with Gasteiger partial charge >= 0.3 is 6.03 Å². The highest BCUT2D eigenvalue weighted by molar-refractivity contribution is 5.88. The van der Waals surface area contributed by atoms with Gasteiger partial charge in [-0.15, -0.1) is 5.10 Å². The lowest BCUT2D eigenvalue weighted by molar-refractivity contribution is 0.101. The summed E-state index contributed by atoms with van der Waals surface area (Å²) in [7, 11) is 0. The monoisotopic (exact) mass is 304 g/mol. The molecule has 1 heterocycles. The van der Waals surface area contributed by atoms with Gasteiger partial charge in [0.1, 0.15) is 12.4 Å². The lowest BCUT2D eigenvalue weighted by Crippen LogP contribution is -2.21. The second-order valence-electron chi connectivity index (χ2n) is 4.89. The van der Waals surface area contributed by atoms with E-state index in [0.717, 1.165) is 5.69 Å². The predicted octanol–water partition coefficient (Wildman–Crippen LogP) is 1.82. The zero-order valence-electron chi connectivity index (χ0n) is 12.6. The van der Waals surface area contributed by atoms with Gasteiger partial charge in [0.05, 0.1) is 17.4 Å². The normalized spacial score (nSPS) is 12.0. The number of primary amides is 1.